The van der Waals surface area contributed by atoms with Crippen molar-refractivity contribution in [3.05, 3.63) is 0 Å². The molecule has 0 fully saturated rings. The molecule has 0 aromatic rings. The van der Waals surface area contributed by atoms with Gasteiger partial charge in [0.25, 0.3) is 0 Å². The average Bonchev–Trinajstić information content (AvgIpc) is 2.22. The van der Waals surface area contributed by atoms with Crippen LogP contribution in [0.2, 0.25) is 0 Å². The van der Waals surface area contributed by atoms with Gasteiger partial charge in [-0.2, -0.15) is 25.9 Å². The van der Waals surface area contributed by atoms with Gasteiger partial charge in [-0.05, 0) is 4.66 Å². The zero-order chi connectivity index (χ0) is 15.4. The zero-order valence-electron chi connectivity index (χ0n) is 8.06. The first-order valence-corrected chi connectivity index (χ1v) is 8.43. The molecule has 0 aromatic carbocycles. The van der Waals surface area contributed by atoms with Crippen LogP contribution in [0.3, 0.4) is 0 Å². The second kappa shape index (κ2) is 8.07. The Morgan fingerprint density at radius 1 is 1.32 bits per heavy atom. The predicted octanol–water partition coefficient (Wildman–Crippen LogP) is 4.55. The van der Waals surface area contributed by atoms with Gasteiger partial charge in [0.15, 0.2) is 0 Å². The number of alkyl halides is 2. The normalized spacial score (nSPS) is 32.5. The van der Waals surface area contributed by atoms with Crippen molar-refractivity contribution in [3.63, 3.8) is 0 Å². The minimum absolute atomic E-state index is 1.31. The van der Waals surface area contributed by atoms with E-state index in [4.69, 9.17) is 14.4 Å². The second-order valence-electron chi connectivity index (χ2n) is 2.14. The minimum Gasteiger partial charge on any atom is -0.243 e. The molecule has 0 bridgehead atoms. The first kappa shape index (κ1) is 19.5. The van der Waals surface area contributed by atoms with Crippen molar-refractivity contribution in [2.75, 3.05) is 0 Å². The third-order valence-corrected chi connectivity index (χ3v) is 6.13. The molecular formula is CH3F7N3O4P4+. The highest BCUT2D eigenvalue weighted by Gasteiger charge is 2.52. The summed E-state index contributed by atoms with van der Waals surface area (Å²) in [7, 11) is -16.5. The van der Waals surface area contributed by atoms with Crippen LogP contribution in [0.15, 0.2) is 4.52 Å². The van der Waals surface area contributed by atoms with Gasteiger partial charge in [0, 0.05) is 9.23 Å². The highest BCUT2D eigenvalue weighted by Crippen LogP contribution is 2.80. The number of hydrogen-bond donors (Lipinski definition) is 2. The molecular weight excluding hydrogens is 375 g/mol. The van der Waals surface area contributed by atoms with E-state index in [9.17, 15) is 30.3 Å². The monoisotopic (exact) mass is 378 g/mol. The van der Waals surface area contributed by atoms with Crippen molar-refractivity contribution in [1.82, 2.24) is 9.33 Å². The maximum Gasteiger partial charge on any atom is 0.692 e. The third kappa shape index (κ3) is 6.20. The molecule has 114 valence electrons. The first-order valence-electron chi connectivity index (χ1n) is 3.48. The Balaban J connectivity index is 0.000000711. The summed E-state index contributed by atoms with van der Waals surface area (Å²) in [5.41, 5.74) is 0. The van der Waals surface area contributed by atoms with Crippen LogP contribution in [0.25, 0.3) is 0 Å². The zero-order valence-corrected chi connectivity index (χ0v) is 11.6. The van der Waals surface area contributed by atoms with E-state index in [-0.39, 0.29) is 0 Å². The van der Waals surface area contributed by atoms with Gasteiger partial charge in [-0.15, -0.1) is 18.7 Å². The fourth-order valence-corrected chi connectivity index (χ4v) is 4.96. The molecule has 19 heavy (non-hydrogen) atoms. The molecule has 1 aliphatic heterocycles. The van der Waals surface area contributed by atoms with Gasteiger partial charge in [0.2, 0.25) is 0 Å². The van der Waals surface area contributed by atoms with Crippen LogP contribution in [-0.2, 0) is 9.09 Å². The van der Waals surface area contributed by atoms with Crippen molar-refractivity contribution in [2.45, 2.75) is 6.61 Å². The molecule has 0 spiro atoms. The van der Waals surface area contributed by atoms with Crippen LogP contribution < -0.4 is 0 Å². The molecule has 0 saturated carbocycles. The lowest BCUT2D eigenvalue weighted by Crippen LogP contribution is -2.14. The molecule has 0 saturated heterocycles. The predicted molar refractivity (Wildman–Crippen MR) is 51.5 cm³/mol. The lowest BCUT2D eigenvalue weighted by molar-refractivity contribution is -0.0570. The summed E-state index contributed by atoms with van der Waals surface area (Å²) in [5, 5.41) is 0. The summed E-state index contributed by atoms with van der Waals surface area (Å²) in [6.07, 6.45) is 0. The van der Waals surface area contributed by atoms with E-state index in [2.05, 4.69) is 9.04 Å². The summed E-state index contributed by atoms with van der Waals surface area (Å²) in [6, 6.07) is 0. The molecule has 3 unspecified atom stereocenters. The van der Waals surface area contributed by atoms with Crippen LogP contribution in [0.5, 0.6) is 0 Å². The quantitative estimate of drug-likeness (QED) is 0.417. The molecule has 18 heteroatoms. The van der Waals surface area contributed by atoms with Crippen LogP contribution in [0.4, 0.5) is 30.3 Å². The van der Waals surface area contributed by atoms with Crippen LogP contribution in [0, 0.1) is 0 Å². The van der Waals surface area contributed by atoms with Gasteiger partial charge >= 0.3 is 39.7 Å². The molecule has 1 aliphatic rings. The van der Waals surface area contributed by atoms with E-state index in [1.807, 2.05) is 0 Å². The fourth-order valence-electron chi connectivity index (χ4n) is 0.531. The van der Waals surface area contributed by atoms with Gasteiger partial charge in [-0.3, -0.25) is 0 Å². The summed E-state index contributed by atoms with van der Waals surface area (Å²) in [6.45, 7) is -3.82. The van der Waals surface area contributed by atoms with E-state index in [0.717, 1.165) is 0 Å². The molecule has 0 aromatic heterocycles. The van der Waals surface area contributed by atoms with Crippen molar-refractivity contribution in [2.24, 2.45) is 4.52 Å². The molecule has 7 nitrogen and oxygen atoms in total. The summed E-state index contributed by atoms with van der Waals surface area (Å²) in [4.78, 5) is 14.2. The van der Waals surface area contributed by atoms with Crippen LogP contribution in [0.1, 0.15) is 0 Å². The van der Waals surface area contributed by atoms with Gasteiger partial charge in [0.05, 0.1) is 0 Å². The number of halogens is 7. The van der Waals surface area contributed by atoms with E-state index in [1.54, 1.807) is 0 Å². The Morgan fingerprint density at radius 3 is 2.11 bits per heavy atom. The average molecular weight is 378 g/mol. The standard InChI is InChI=1S/CHF7N3OP3.HO3P/c2-1(3)12-15(8)9-13(6)10(4)14(7)11(15)5;1-4(2)3/h1H;(H-,1,2,3)/p+1. The highest BCUT2D eigenvalue weighted by molar-refractivity contribution is 7.77. The third-order valence-electron chi connectivity index (χ3n) is 1.01. The fraction of sp³-hybridized carbons (Fsp3) is 1.00. The lowest BCUT2D eigenvalue weighted by atomic mass is 11.5. The van der Waals surface area contributed by atoms with Gasteiger partial charge in [-0.25, -0.2) is 4.52 Å². The Bertz CT molecular complexity index is 368. The first-order chi connectivity index (χ1) is 8.51. The van der Waals surface area contributed by atoms with Gasteiger partial charge in [-0.1, -0.05) is 0 Å². The summed E-state index contributed by atoms with van der Waals surface area (Å²) >= 11 is 0. The summed E-state index contributed by atoms with van der Waals surface area (Å²) in [5.74, 6) is 0. The maximum absolute atomic E-state index is 13.0. The second-order valence-corrected chi connectivity index (χ2v) is 7.52. The Labute approximate surface area is 104 Å². The molecule has 1 rings (SSSR count). The van der Waals surface area contributed by atoms with Crippen LogP contribution >= 0.6 is 33.1 Å². The van der Waals surface area contributed by atoms with E-state index in [1.165, 1.54) is 0 Å². The largest absolute Gasteiger partial charge is 0.692 e. The Hall–Kier alpha value is 0.500. The van der Waals surface area contributed by atoms with Gasteiger partial charge in [0.1, 0.15) is 0 Å². The molecule has 3 atom stereocenters. The van der Waals surface area contributed by atoms with E-state index < -0.39 is 49.0 Å². The Kier molecular flexibility index (Phi) is 8.28. The van der Waals surface area contributed by atoms with Crippen molar-refractivity contribution in [1.29, 1.82) is 0 Å². The van der Waals surface area contributed by atoms with Crippen LogP contribution in [-0.4, -0.2) is 25.7 Å². The molecule has 0 radical (unpaired) electrons. The van der Waals surface area contributed by atoms with Gasteiger partial charge < -0.3 is 0 Å². The summed E-state index contributed by atoms with van der Waals surface area (Å²) < 4.78 is 96.9. The SMILES string of the molecule is FC(F)OP1(F)=NP(F)N(F)P(F)N1F.O=[P+](O)O. The number of nitrogens with zero attached hydrogens (tertiary/aromatic N) is 3. The van der Waals surface area contributed by atoms with Crippen molar-refractivity contribution in [3.8, 4) is 0 Å². The maximum atomic E-state index is 13.0. The number of hydrogen-bond acceptors (Lipinski definition) is 5. The highest BCUT2D eigenvalue weighted by atomic mass is 31.3. The molecule has 0 amide bonds. The minimum atomic E-state index is -5.59. The Morgan fingerprint density at radius 2 is 1.74 bits per heavy atom. The van der Waals surface area contributed by atoms with Crippen molar-refractivity contribution < 1.29 is 49.2 Å². The van der Waals surface area contributed by atoms with Crippen molar-refractivity contribution >= 4 is 33.1 Å². The van der Waals surface area contributed by atoms with E-state index >= 15 is 0 Å². The smallest absolute Gasteiger partial charge is 0.243 e. The molecule has 0 aliphatic carbocycles. The molecule has 1 heterocycles. The lowest BCUT2D eigenvalue weighted by Gasteiger charge is -2.29. The van der Waals surface area contributed by atoms with E-state index in [0.29, 0.717) is 0 Å². The molecule has 2 N–H and O–H groups in total. The topological polar surface area (TPSA) is 85.6 Å². The number of rotatable bonds is 2.